The maximum absolute atomic E-state index is 13.2. The predicted molar refractivity (Wildman–Crippen MR) is 82.0 cm³/mol. The van der Waals surface area contributed by atoms with Gasteiger partial charge in [-0.1, -0.05) is 6.07 Å². The highest BCUT2D eigenvalue weighted by Gasteiger charge is 2.39. The Morgan fingerprint density at radius 2 is 2.27 bits per heavy atom. The molecule has 22 heavy (non-hydrogen) atoms. The Balaban J connectivity index is 1.65. The molecule has 3 heterocycles. The quantitative estimate of drug-likeness (QED) is 0.854. The number of nitrogens with one attached hydrogen (secondary N) is 1. The molecule has 2 bridgehead atoms. The van der Waals surface area contributed by atoms with Gasteiger partial charge in [0.1, 0.15) is 5.82 Å². The summed E-state index contributed by atoms with van der Waals surface area (Å²) in [7, 11) is -3.68. The lowest BCUT2D eigenvalue weighted by Crippen LogP contribution is -2.56. The molecule has 1 N–H and O–H groups in total. The van der Waals surface area contributed by atoms with E-state index >= 15 is 0 Å². The number of halogens is 1. The minimum Gasteiger partial charge on any atom is -0.298 e. The maximum Gasteiger partial charge on any atom is 0.240 e. The molecule has 0 aliphatic carbocycles. The molecule has 4 rings (SSSR count). The van der Waals surface area contributed by atoms with Crippen LogP contribution in [-0.4, -0.2) is 39.0 Å². The molecule has 118 valence electrons. The first-order chi connectivity index (χ1) is 10.5. The summed E-state index contributed by atoms with van der Waals surface area (Å²) >= 11 is 0. The van der Waals surface area contributed by atoms with Gasteiger partial charge in [-0.25, -0.2) is 17.5 Å². The van der Waals surface area contributed by atoms with E-state index in [1.165, 1.54) is 18.2 Å². The molecular formula is C16H19FN2O2S. The van der Waals surface area contributed by atoms with Gasteiger partial charge >= 0.3 is 0 Å². The fourth-order valence-electron chi connectivity index (χ4n) is 3.46. The highest BCUT2D eigenvalue weighted by molar-refractivity contribution is 7.89. The van der Waals surface area contributed by atoms with Gasteiger partial charge in [0, 0.05) is 25.0 Å². The molecule has 4 atom stereocenters. The summed E-state index contributed by atoms with van der Waals surface area (Å²) < 4.78 is 40.2. The minimum absolute atomic E-state index is 0.0371. The fraction of sp³-hybridized carbons (Fsp3) is 0.500. The summed E-state index contributed by atoms with van der Waals surface area (Å²) in [4.78, 5) is 2.23. The van der Waals surface area contributed by atoms with E-state index in [9.17, 15) is 12.8 Å². The number of terminal acetylenes is 1. The fourth-order valence-corrected chi connectivity index (χ4v) is 4.57. The van der Waals surface area contributed by atoms with Crippen molar-refractivity contribution in [3.05, 3.63) is 30.1 Å². The van der Waals surface area contributed by atoms with E-state index in [4.69, 9.17) is 6.42 Å². The van der Waals surface area contributed by atoms with Crippen LogP contribution < -0.4 is 4.72 Å². The Bertz CT molecular complexity index is 698. The third-order valence-corrected chi connectivity index (χ3v) is 6.13. The van der Waals surface area contributed by atoms with Crippen molar-refractivity contribution in [1.82, 2.24) is 9.62 Å². The second-order valence-corrected chi connectivity index (χ2v) is 7.78. The van der Waals surface area contributed by atoms with E-state index in [0.717, 1.165) is 32.0 Å². The van der Waals surface area contributed by atoms with Crippen LogP contribution in [0.1, 0.15) is 12.8 Å². The zero-order chi connectivity index (χ0) is 15.7. The van der Waals surface area contributed by atoms with Gasteiger partial charge in [0.15, 0.2) is 0 Å². The largest absolute Gasteiger partial charge is 0.298 e. The van der Waals surface area contributed by atoms with Crippen LogP contribution >= 0.6 is 0 Å². The summed E-state index contributed by atoms with van der Waals surface area (Å²) in [5.41, 5.74) is 0. The van der Waals surface area contributed by atoms with Crippen molar-refractivity contribution in [2.24, 2.45) is 11.8 Å². The van der Waals surface area contributed by atoms with Crippen molar-refractivity contribution in [1.29, 1.82) is 0 Å². The molecule has 1 aromatic carbocycles. The van der Waals surface area contributed by atoms with Crippen LogP contribution in [-0.2, 0) is 10.0 Å². The van der Waals surface area contributed by atoms with Gasteiger partial charge in [0.05, 0.1) is 4.90 Å². The van der Waals surface area contributed by atoms with Crippen LogP contribution in [0.25, 0.3) is 0 Å². The molecule has 1 aromatic rings. The van der Waals surface area contributed by atoms with E-state index < -0.39 is 15.8 Å². The number of sulfonamides is 1. The molecule has 0 spiro atoms. The number of rotatable bonds is 4. The first-order valence-corrected chi connectivity index (χ1v) is 8.93. The molecule has 3 fully saturated rings. The molecule has 0 saturated carbocycles. The van der Waals surface area contributed by atoms with E-state index in [1.54, 1.807) is 0 Å². The first-order valence-electron chi connectivity index (χ1n) is 7.45. The Kier molecular flexibility index (Phi) is 4.22. The molecular weight excluding hydrogens is 303 g/mol. The van der Waals surface area contributed by atoms with Gasteiger partial charge in [0.25, 0.3) is 0 Å². The van der Waals surface area contributed by atoms with Crippen molar-refractivity contribution < 1.29 is 12.8 Å². The van der Waals surface area contributed by atoms with Crippen molar-refractivity contribution >= 4 is 10.0 Å². The van der Waals surface area contributed by atoms with Gasteiger partial charge in [-0.05, 0) is 43.5 Å². The van der Waals surface area contributed by atoms with Gasteiger partial charge in [-0.3, -0.25) is 4.90 Å². The minimum atomic E-state index is -3.68. The molecule has 0 radical (unpaired) electrons. The van der Waals surface area contributed by atoms with Crippen molar-refractivity contribution in [2.75, 3.05) is 19.6 Å². The zero-order valence-electron chi connectivity index (χ0n) is 12.2. The third-order valence-electron chi connectivity index (χ3n) is 4.71. The van der Waals surface area contributed by atoms with Crippen LogP contribution in [0.4, 0.5) is 4.39 Å². The third kappa shape index (κ3) is 3.02. The molecule has 4 unspecified atom stereocenters. The monoisotopic (exact) mass is 322 g/mol. The predicted octanol–water partition coefficient (Wildman–Crippen LogP) is 1.45. The number of benzene rings is 1. The smallest absolute Gasteiger partial charge is 0.240 e. The van der Waals surface area contributed by atoms with Gasteiger partial charge in [0.2, 0.25) is 10.0 Å². The Morgan fingerprint density at radius 3 is 2.91 bits per heavy atom. The maximum atomic E-state index is 13.2. The molecule has 0 amide bonds. The van der Waals surface area contributed by atoms with Crippen molar-refractivity contribution in [3.63, 3.8) is 0 Å². The van der Waals surface area contributed by atoms with Crippen molar-refractivity contribution in [3.8, 4) is 12.3 Å². The first kappa shape index (κ1) is 15.5. The summed E-state index contributed by atoms with van der Waals surface area (Å²) in [5, 5.41) is 0. The van der Waals surface area contributed by atoms with Crippen molar-refractivity contribution in [2.45, 2.75) is 23.8 Å². The lowest BCUT2D eigenvalue weighted by atomic mass is 9.76. The number of hydrogen-bond donors (Lipinski definition) is 1. The van der Waals surface area contributed by atoms with Crippen LogP contribution in [0.3, 0.4) is 0 Å². The highest BCUT2D eigenvalue weighted by Crippen LogP contribution is 2.35. The highest BCUT2D eigenvalue weighted by atomic mass is 32.2. The topological polar surface area (TPSA) is 49.4 Å². The number of piperidine rings is 3. The van der Waals surface area contributed by atoms with Crippen LogP contribution in [0.5, 0.6) is 0 Å². The number of fused-ring (bicyclic) bond motifs is 3. The van der Waals surface area contributed by atoms with E-state index in [0.29, 0.717) is 12.5 Å². The summed E-state index contributed by atoms with van der Waals surface area (Å²) in [6.45, 7) is 2.15. The van der Waals surface area contributed by atoms with Crippen LogP contribution in [0.2, 0.25) is 0 Å². The Labute approximate surface area is 130 Å². The number of nitrogens with zero attached hydrogens (tertiary/aromatic N) is 1. The molecule has 4 nitrogen and oxygen atoms in total. The second kappa shape index (κ2) is 5.99. The van der Waals surface area contributed by atoms with Crippen LogP contribution in [0.15, 0.2) is 29.2 Å². The standard InChI is InChI=1S/C16H19FN2O2S/c1-2-12-11-19-7-6-13(12)8-15(19)10-18-22(20,21)16-5-3-4-14(17)9-16/h1,3-5,9,12-13,15,18H,6-8,10-11H2. The molecule has 6 heteroatoms. The molecule has 0 aromatic heterocycles. The lowest BCUT2D eigenvalue weighted by molar-refractivity contribution is 0.0251. The van der Waals surface area contributed by atoms with E-state index in [-0.39, 0.29) is 16.9 Å². The van der Waals surface area contributed by atoms with Gasteiger partial charge in [-0.15, -0.1) is 12.3 Å². The van der Waals surface area contributed by atoms with Crippen LogP contribution in [0, 0.1) is 30.0 Å². The Hall–Kier alpha value is -1.42. The second-order valence-electron chi connectivity index (χ2n) is 6.02. The molecule has 3 aliphatic rings. The van der Waals surface area contributed by atoms with E-state index in [2.05, 4.69) is 15.5 Å². The van der Waals surface area contributed by atoms with E-state index in [1.807, 2.05) is 0 Å². The normalized spacial score (nSPS) is 30.9. The Morgan fingerprint density at radius 1 is 1.45 bits per heavy atom. The summed E-state index contributed by atoms with van der Waals surface area (Å²) in [6, 6.07) is 5.22. The average molecular weight is 322 g/mol. The lowest BCUT2D eigenvalue weighted by Gasteiger charge is -2.48. The number of hydrogen-bond acceptors (Lipinski definition) is 3. The van der Waals surface area contributed by atoms with Gasteiger partial charge in [-0.2, -0.15) is 0 Å². The summed E-state index contributed by atoms with van der Waals surface area (Å²) in [6.07, 6.45) is 7.55. The summed E-state index contributed by atoms with van der Waals surface area (Å²) in [5.74, 6) is 3.05. The molecule has 3 saturated heterocycles. The zero-order valence-corrected chi connectivity index (χ0v) is 13.0. The SMILES string of the molecule is C#CC1CN2CCC1CC2CNS(=O)(=O)c1cccc(F)c1. The van der Waals surface area contributed by atoms with Gasteiger partial charge < -0.3 is 0 Å². The average Bonchev–Trinajstić information content (AvgIpc) is 2.53. The molecule has 3 aliphatic heterocycles.